The number of unbranched alkanes of at least 4 members (excludes halogenated alkanes) is 1. The van der Waals surface area contributed by atoms with E-state index in [9.17, 15) is 0 Å². The first kappa shape index (κ1) is 13.0. The molecule has 0 saturated carbocycles. The molecule has 84 valence electrons. The molecule has 0 fully saturated rings. The van der Waals surface area contributed by atoms with Gasteiger partial charge in [0.1, 0.15) is 0 Å². The Morgan fingerprint density at radius 1 is 1.40 bits per heavy atom. The molecule has 1 unspecified atom stereocenters. The molecule has 0 aliphatic rings. The molecule has 0 amide bonds. The van der Waals surface area contributed by atoms with Crippen LogP contribution in [-0.4, -0.2) is 7.05 Å². The predicted octanol–water partition coefficient (Wildman–Crippen LogP) is 4.55. The van der Waals surface area contributed by atoms with Crippen LogP contribution < -0.4 is 5.32 Å². The highest BCUT2D eigenvalue weighted by Crippen LogP contribution is 2.26. The van der Waals surface area contributed by atoms with E-state index in [0.717, 1.165) is 15.9 Å². The molecule has 0 heterocycles. The molecule has 1 atom stereocenters. The summed E-state index contributed by atoms with van der Waals surface area (Å²) in [4.78, 5) is 0. The van der Waals surface area contributed by atoms with Crippen LogP contribution in [0.25, 0.3) is 0 Å². The fourth-order valence-corrected chi connectivity index (χ4v) is 2.55. The van der Waals surface area contributed by atoms with E-state index >= 15 is 0 Å². The Kier molecular flexibility index (Phi) is 5.65. The van der Waals surface area contributed by atoms with Crippen LogP contribution in [-0.2, 0) is 0 Å². The smallest absolute Gasteiger partial charge is 0.0420 e. The fourth-order valence-electron chi connectivity index (χ4n) is 1.66. The highest BCUT2D eigenvalue weighted by molar-refractivity contribution is 9.10. The van der Waals surface area contributed by atoms with E-state index in [0.29, 0.717) is 6.04 Å². The lowest BCUT2D eigenvalue weighted by molar-refractivity contribution is 0.522. The molecule has 0 bridgehead atoms. The summed E-state index contributed by atoms with van der Waals surface area (Å²) in [6.45, 7) is 2.21. The number of halogens is 2. The minimum absolute atomic E-state index is 0.403. The summed E-state index contributed by atoms with van der Waals surface area (Å²) in [5.74, 6) is 0. The SMILES string of the molecule is CCCCC(NC)c1cc(Cl)cc(Br)c1. The maximum Gasteiger partial charge on any atom is 0.0420 e. The Balaban J connectivity index is 2.81. The zero-order chi connectivity index (χ0) is 11.3. The molecule has 0 radical (unpaired) electrons. The van der Waals surface area contributed by atoms with Crippen molar-refractivity contribution in [3.63, 3.8) is 0 Å². The topological polar surface area (TPSA) is 12.0 Å². The van der Waals surface area contributed by atoms with Gasteiger partial charge in [-0.25, -0.2) is 0 Å². The van der Waals surface area contributed by atoms with Gasteiger partial charge in [-0.15, -0.1) is 0 Å². The maximum atomic E-state index is 6.03. The highest BCUT2D eigenvalue weighted by Gasteiger charge is 2.09. The molecule has 1 aromatic rings. The summed E-state index contributed by atoms with van der Waals surface area (Å²) < 4.78 is 1.04. The van der Waals surface area contributed by atoms with Crippen molar-refractivity contribution in [1.82, 2.24) is 5.32 Å². The van der Waals surface area contributed by atoms with Gasteiger partial charge in [-0.3, -0.25) is 0 Å². The second-order valence-corrected chi connectivity index (χ2v) is 5.04. The predicted molar refractivity (Wildman–Crippen MR) is 70.5 cm³/mol. The van der Waals surface area contributed by atoms with Gasteiger partial charge in [0.15, 0.2) is 0 Å². The third kappa shape index (κ3) is 4.13. The molecule has 0 aliphatic heterocycles. The van der Waals surface area contributed by atoms with E-state index in [-0.39, 0.29) is 0 Å². The van der Waals surface area contributed by atoms with Crippen LogP contribution in [0.5, 0.6) is 0 Å². The van der Waals surface area contributed by atoms with Crippen molar-refractivity contribution in [2.75, 3.05) is 7.05 Å². The Bertz CT molecular complexity index is 294. The number of hydrogen-bond acceptors (Lipinski definition) is 1. The molecule has 0 spiro atoms. The van der Waals surface area contributed by atoms with Crippen LogP contribution in [0.4, 0.5) is 0 Å². The van der Waals surface area contributed by atoms with E-state index in [1.807, 2.05) is 19.2 Å². The first-order valence-electron chi connectivity index (χ1n) is 5.30. The van der Waals surface area contributed by atoms with E-state index in [4.69, 9.17) is 11.6 Å². The van der Waals surface area contributed by atoms with E-state index in [1.54, 1.807) is 0 Å². The molecule has 1 N–H and O–H groups in total. The van der Waals surface area contributed by atoms with Crippen molar-refractivity contribution in [3.05, 3.63) is 33.3 Å². The summed E-state index contributed by atoms with van der Waals surface area (Å²) in [5.41, 5.74) is 1.25. The second-order valence-electron chi connectivity index (χ2n) is 3.69. The molecule has 1 nitrogen and oxygen atoms in total. The van der Waals surface area contributed by atoms with Gasteiger partial charge in [0.2, 0.25) is 0 Å². The van der Waals surface area contributed by atoms with Gasteiger partial charge in [0, 0.05) is 15.5 Å². The Morgan fingerprint density at radius 3 is 2.67 bits per heavy atom. The fraction of sp³-hybridized carbons (Fsp3) is 0.500. The molecule has 15 heavy (non-hydrogen) atoms. The van der Waals surface area contributed by atoms with Gasteiger partial charge in [0.25, 0.3) is 0 Å². The van der Waals surface area contributed by atoms with Crippen molar-refractivity contribution in [3.8, 4) is 0 Å². The Labute approximate surface area is 105 Å². The van der Waals surface area contributed by atoms with Crippen LogP contribution in [0.1, 0.15) is 37.8 Å². The first-order valence-corrected chi connectivity index (χ1v) is 6.47. The number of nitrogens with one attached hydrogen (secondary N) is 1. The third-order valence-electron chi connectivity index (χ3n) is 2.48. The van der Waals surface area contributed by atoms with Gasteiger partial charge in [-0.05, 0) is 37.2 Å². The minimum atomic E-state index is 0.403. The number of benzene rings is 1. The van der Waals surface area contributed by atoms with Crippen molar-refractivity contribution in [1.29, 1.82) is 0 Å². The number of hydrogen-bond donors (Lipinski definition) is 1. The summed E-state index contributed by atoms with van der Waals surface area (Å²) in [5, 5.41) is 4.12. The van der Waals surface area contributed by atoms with Crippen LogP contribution in [0, 0.1) is 0 Å². The van der Waals surface area contributed by atoms with Crippen LogP contribution in [0.15, 0.2) is 22.7 Å². The zero-order valence-electron chi connectivity index (χ0n) is 9.19. The molecular weight excluding hydrogens is 273 g/mol. The summed E-state index contributed by atoms with van der Waals surface area (Å²) >= 11 is 9.49. The largest absolute Gasteiger partial charge is 0.313 e. The van der Waals surface area contributed by atoms with Crippen molar-refractivity contribution in [2.45, 2.75) is 32.2 Å². The van der Waals surface area contributed by atoms with Crippen molar-refractivity contribution in [2.24, 2.45) is 0 Å². The summed E-state index contributed by atoms with van der Waals surface area (Å²) in [6, 6.07) is 6.48. The van der Waals surface area contributed by atoms with Crippen molar-refractivity contribution < 1.29 is 0 Å². The van der Waals surface area contributed by atoms with Crippen LogP contribution in [0.2, 0.25) is 5.02 Å². The van der Waals surface area contributed by atoms with Gasteiger partial charge in [-0.2, -0.15) is 0 Å². The van der Waals surface area contributed by atoms with Gasteiger partial charge in [0.05, 0.1) is 0 Å². The van der Waals surface area contributed by atoms with Gasteiger partial charge >= 0.3 is 0 Å². The lowest BCUT2D eigenvalue weighted by atomic mass is 10.0. The molecule has 3 heteroatoms. The van der Waals surface area contributed by atoms with Crippen LogP contribution >= 0.6 is 27.5 Å². The molecule has 1 aromatic carbocycles. The molecule has 0 saturated heterocycles. The molecule has 0 aliphatic carbocycles. The second kappa shape index (κ2) is 6.51. The quantitative estimate of drug-likeness (QED) is 0.838. The first-order chi connectivity index (χ1) is 7.17. The summed E-state index contributed by atoms with van der Waals surface area (Å²) in [6.07, 6.45) is 3.61. The van der Waals surface area contributed by atoms with Crippen LogP contribution in [0.3, 0.4) is 0 Å². The molecule has 1 rings (SSSR count). The average molecular weight is 291 g/mol. The molecular formula is C12H17BrClN. The standard InChI is InChI=1S/C12H17BrClN/c1-3-4-5-12(15-2)9-6-10(13)8-11(14)7-9/h6-8,12,15H,3-5H2,1-2H3. The lowest BCUT2D eigenvalue weighted by Crippen LogP contribution is -2.16. The normalized spacial score (nSPS) is 12.8. The highest BCUT2D eigenvalue weighted by atomic mass is 79.9. The van der Waals surface area contributed by atoms with E-state index < -0.39 is 0 Å². The number of rotatable bonds is 5. The monoisotopic (exact) mass is 289 g/mol. The zero-order valence-corrected chi connectivity index (χ0v) is 11.5. The average Bonchev–Trinajstić information content (AvgIpc) is 2.17. The maximum absolute atomic E-state index is 6.03. The van der Waals surface area contributed by atoms with Crippen molar-refractivity contribution >= 4 is 27.5 Å². The van der Waals surface area contributed by atoms with E-state index in [2.05, 4.69) is 34.2 Å². The minimum Gasteiger partial charge on any atom is -0.313 e. The molecule has 0 aromatic heterocycles. The van der Waals surface area contributed by atoms with Gasteiger partial charge < -0.3 is 5.32 Å². The van der Waals surface area contributed by atoms with Gasteiger partial charge in [-0.1, -0.05) is 47.3 Å². The third-order valence-corrected chi connectivity index (χ3v) is 3.16. The van der Waals surface area contributed by atoms with E-state index in [1.165, 1.54) is 18.4 Å². The lowest BCUT2D eigenvalue weighted by Gasteiger charge is -2.16. The summed E-state index contributed by atoms with van der Waals surface area (Å²) in [7, 11) is 2.00. The Morgan fingerprint density at radius 2 is 2.13 bits per heavy atom. The Hall–Kier alpha value is -0.0500.